The number of carbonyl (C=O) groups is 1. The SMILES string of the molecule is O=C(CCCN1CCC(c2cccc(F)c2)CC1)N1CCCCC1. The van der Waals surface area contributed by atoms with E-state index in [-0.39, 0.29) is 5.82 Å². The molecule has 0 aromatic heterocycles. The van der Waals surface area contributed by atoms with E-state index in [1.165, 1.54) is 25.3 Å². The summed E-state index contributed by atoms with van der Waals surface area (Å²) in [6, 6.07) is 7.04. The fourth-order valence-electron chi connectivity index (χ4n) is 4.01. The molecule has 132 valence electrons. The minimum atomic E-state index is -0.133. The predicted molar refractivity (Wildman–Crippen MR) is 94.5 cm³/mol. The maximum atomic E-state index is 13.3. The van der Waals surface area contributed by atoms with Crippen molar-refractivity contribution >= 4 is 5.91 Å². The predicted octanol–water partition coefficient (Wildman–Crippen LogP) is 3.80. The normalized spacial score (nSPS) is 20.3. The van der Waals surface area contributed by atoms with E-state index in [9.17, 15) is 9.18 Å². The summed E-state index contributed by atoms with van der Waals surface area (Å²) in [6.07, 6.45) is 7.42. The lowest BCUT2D eigenvalue weighted by Crippen LogP contribution is -2.37. The van der Waals surface area contributed by atoms with Crippen LogP contribution in [0.2, 0.25) is 0 Å². The van der Waals surface area contributed by atoms with Gasteiger partial charge in [-0.05, 0) is 81.8 Å². The third kappa shape index (κ3) is 4.79. The second-order valence-electron chi connectivity index (χ2n) is 7.22. The van der Waals surface area contributed by atoms with E-state index in [1.807, 2.05) is 17.0 Å². The lowest BCUT2D eigenvalue weighted by molar-refractivity contribution is -0.132. The van der Waals surface area contributed by atoms with Gasteiger partial charge in [-0.2, -0.15) is 0 Å². The largest absolute Gasteiger partial charge is 0.343 e. The summed E-state index contributed by atoms with van der Waals surface area (Å²) in [5.74, 6) is 0.683. The van der Waals surface area contributed by atoms with Crippen molar-refractivity contribution in [1.82, 2.24) is 9.80 Å². The molecule has 0 atom stereocenters. The van der Waals surface area contributed by atoms with Crippen LogP contribution >= 0.6 is 0 Å². The van der Waals surface area contributed by atoms with Gasteiger partial charge in [0.25, 0.3) is 0 Å². The van der Waals surface area contributed by atoms with Crippen LogP contribution in [-0.2, 0) is 4.79 Å². The van der Waals surface area contributed by atoms with E-state index in [0.717, 1.165) is 57.5 Å². The standard InChI is InChI=1S/C20H29FN2O/c21-19-7-4-6-18(16-19)17-9-14-22(15-10-17)11-5-8-20(24)23-12-2-1-3-13-23/h4,6-7,16-17H,1-3,5,8-15H2. The van der Waals surface area contributed by atoms with Crippen LogP contribution in [0, 0.1) is 5.82 Å². The first-order chi connectivity index (χ1) is 11.7. The van der Waals surface area contributed by atoms with Gasteiger partial charge in [0.05, 0.1) is 0 Å². The summed E-state index contributed by atoms with van der Waals surface area (Å²) < 4.78 is 13.3. The van der Waals surface area contributed by atoms with Crippen molar-refractivity contribution in [2.24, 2.45) is 0 Å². The van der Waals surface area contributed by atoms with Gasteiger partial charge in [-0.25, -0.2) is 4.39 Å². The first-order valence-electron chi connectivity index (χ1n) is 9.48. The molecule has 3 nitrogen and oxygen atoms in total. The molecule has 24 heavy (non-hydrogen) atoms. The van der Waals surface area contributed by atoms with Crippen molar-refractivity contribution in [2.45, 2.75) is 50.9 Å². The number of hydrogen-bond donors (Lipinski definition) is 0. The zero-order chi connectivity index (χ0) is 16.8. The van der Waals surface area contributed by atoms with E-state index < -0.39 is 0 Å². The average Bonchev–Trinajstić information content (AvgIpc) is 2.63. The van der Waals surface area contributed by atoms with Gasteiger partial charge in [0.1, 0.15) is 5.82 Å². The number of benzene rings is 1. The zero-order valence-corrected chi connectivity index (χ0v) is 14.6. The first kappa shape index (κ1) is 17.4. The monoisotopic (exact) mass is 332 g/mol. The Labute approximate surface area is 144 Å². The van der Waals surface area contributed by atoms with Gasteiger partial charge in [-0.15, -0.1) is 0 Å². The molecular formula is C20H29FN2O. The van der Waals surface area contributed by atoms with Crippen LogP contribution in [0.1, 0.15) is 56.4 Å². The van der Waals surface area contributed by atoms with E-state index in [4.69, 9.17) is 0 Å². The molecule has 1 amide bonds. The highest BCUT2D eigenvalue weighted by molar-refractivity contribution is 5.76. The second-order valence-corrected chi connectivity index (χ2v) is 7.22. The fourth-order valence-corrected chi connectivity index (χ4v) is 4.01. The molecule has 4 heteroatoms. The molecule has 2 aliphatic rings. The summed E-state index contributed by atoms with van der Waals surface area (Å²) in [5, 5.41) is 0. The molecule has 2 saturated heterocycles. The number of amides is 1. The number of rotatable bonds is 5. The van der Waals surface area contributed by atoms with Crippen molar-refractivity contribution in [3.63, 3.8) is 0 Å². The highest BCUT2D eigenvalue weighted by atomic mass is 19.1. The number of carbonyl (C=O) groups excluding carboxylic acids is 1. The maximum absolute atomic E-state index is 13.3. The van der Waals surface area contributed by atoms with Crippen molar-refractivity contribution < 1.29 is 9.18 Å². The van der Waals surface area contributed by atoms with Gasteiger partial charge in [0, 0.05) is 19.5 Å². The molecule has 1 aromatic rings. The number of halogens is 1. The quantitative estimate of drug-likeness (QED) is 0.819. The molecule has 0 radical (unpaired) electrons. The number of likely N-dealkylation sites (tertiary alicyclic amines) is 2. The smallest absolute Gasteiger partial charge is 0.222 e. The van der Waals surface area contributed by atoms with E-state index in [2.05, 4.69) is 4.90 Å². The molecule has 2 fully saturated rings. The van der Waals surface area contributed by atoms with Crippen molar-refractivity contribution in [1.29, 1.82) is 0 Å². The molecule has 0 aliphatic carbocycles. The third-order valence-corrected chi connectivity index (χ3v) is 5.48. The molecule has 0 bridgehead atoms. The molecule has 0 unspecified atom stereocenters. The van der Waals surface area contributed by atoms with Crippen LogP contribution in [0.3, 0.4) is 0 Å². The Balaban J connectivity index is 1.36. The van der Waals surface area contributed by atoms with E-state index >= 15 is 0 Å². The van der Waals surface area contributed by atoms with Crippen LogP contribution in [0.4, 0.5) is 4.39 Å². The Kier molecular flexibility index (Phi) is 6.24. The topological polar surface area (TPSA) is 23.6 Å². The Bertz CT molecular complexity index is 534. The number of hydrogen-bond acceptors (Lipinski definition) is 2. The summed E-state index contributed by atoms with van der Waals surface area (Å²) in [5.41, 5.74) is 1.13. The Morgan fingerprint density at radius 1 is 1.08 bits per heavy atom. The molecule has 2 aliphatic heterocycles. The van der Waals surface area contributed by atoms with Gasteiger partial charge in [-0.3, -0.25) is 4.79 Å². The maximum Gasteiger partial charge on any atom is 0.222 e. The van der Waals surface area contributed by atoms with Gasteiger partial charge >= 0.3 is 0 Å². The highest BCUT2D eigenvalue weighted by Gasteiger charge is 2.21. The van der Waals surface area contributed by atoms with Gasteiger partial charge in [0.2, 0.25) is 5.91 Å². The third-order valence-electron chi connectivity index (χ3n) is 5.48. The summed E-state index contributed by atoms with van der Waals surface area (Å²) >= 11 is 0. The lowest BCUT2D eigenvalue weighted by atomic mass is 9.89. The van der Waals surface area contributed by atoms with Crippen LogP contribution in [0.25, 0.3) is 0 Å². The van der Waals surface area contributed by atoms with Gasteiger partial charge in [0.15, 0.2) is 0 Å². The highest BCUT2D eigenvalue weighted by Crippen LogP contribution is 2.28. The first-order valence-corrected chi connectivity index (χ1v) is 9.48. The summed E-state index contributed by atoms with van der Waals surface area (Å²) in [4.78, 5) is 16.7. The minimum Gasteiger partial charge on any atom is -0.343 e. The minimum absolute atomic E-state index is 0.133. The molecule has 2 heterocycles. The Morgan fingerprint density at radius 3 is 2.54 bits per heavy atom. The average molecular weight is 332 g/mol. The Hall–Kier alpha value is -1.42. The molecule has 3 rings (SSSR count). The van der Waals surface area contributed by atoms with Gasteiger partial charge < -0.3 is 9.80 Å². The van der Waals surface area contributed by atoms with Crippen molar-refractivity contribution in [2.75, 3.05) is 32.7 Å². The summed E-state index contributed by atoms with van der Waals surface area (Å²) in [6.45, 7) is 5.03. The van der Waals surface area contributed by atoms with Crippen molar-refractivity contribution in [3.05, 3.63) is 35.6 Å². The molecule has 0 N–H and O–H groups in total. The molecular weight excluding hydrogens is 303 g/mol. The van der Waals surface area contributed by atoms with E-state index in [0.29, 0.717) is 18.2 Å². The van der Waals surface area contributed by atoms with Crippen LogP contribution in [0.5, 0.6) is 0 Å². The van der Waals surface area contributed by atoms with Crippen LogP contribution < -0.4 is 0 Å². The van der Waals surface area contributed by atoms with E-state index in [1.54, 1.807) is 6.07 Å². The van der Waals surface area contributed by atoms with Crippen molar-refractivity contribution in [3.8, 4) is 0 Å². The number of nitrogens with zero attached hydrogens (tertiary/aromatic N) is 2. The molecule has 0 saturated carbocycles. The summed E-state index contributed by atoms with van der Waals surface area (Å²) in [7, 11) is 0. The lowest BCUT2D eigenvalue weighted by Gasteiger charge is -2.32. The zero-order valence-electron chi connectivity index (χ0n) is 14.6. The number of piperidine rings is 2. The van der Waals surface area contributed by atoms with Crippen LogP contribution in [0.15, 0.2) is 24.3 Å². The second kappa shape index (κ2) is 8.61. The molecule has 0 spiro atoms. The van der Waals surface area contributed by atoms with Gasteiger partial charge in [-0.1, -0.05) is 12.1 Å². The Morgan fingerprint density at radius 2 is 1.83 bits per heavy atom. The molecule has 1 aromatic carbocycles. The van der Waals surface area contributed by atoms with Crippen LogP contribution in [-0.4, -0.2) is 48.4 Å². The fraction of sp³-hybridized carbons (Fsp3) is 0.650.